The zero-order chi connectivity index (χ0) is 21.4. The Bertz CT molecular complexity index is 358. The Kier molecular flexibility index (Phi) is 23.5. The summed E-state index contributed by atoms with van der Waals surface area (Å²) in [5.41, 5.74) is 0. The molecule has 2 atom stereocenters. The van der Waals surface area contributed by atoms with Crippen molar-refractivity contribution in [3.8, 4) is 11.8 Å². The van der Waals surface area contributed by atoms with Crippen molar-refractivity contribution in [3.05, 3.63) is 13.8 Å². The molecule has 0 aliphatic heterocycles. The Morgan fingerprint density at radius 1 is 0.552 bits per heavy atom. The summed E-state index contributed by atoms with van der Waals surface area (Å²) in [6.07, 6.45) is 27.9. The summed E-state index contributed by atoms with van der Waals surface area (Å²) < 4.78 is 0. The SMILES string of the molecule is [CH2]CCCCCCC#CCCCCCC(CCCCCCCCC[CH2])C(C)CC. The van der Waals surface area contributed by atoms with Gasteiger partial charge in [0.2, 0.25) is 0 Å². The van der Waals surface area contributed by atoms with E-state index in [0.29, 0.717) is 0 Å². The lowest BCUT2D eigenvalue weighted by atomic mass is 9.83. The quantitative estimate of drug-likeness (QED) is 0.132. The Morgan fingerprint density at radius 3 is 1.38 bits per heavy atom. The second kappa shape index (κ2) is 23.8. The summed E-state index contributed by atoms with van der Waals surface area (Å²) >= 11 is 0. The van der Waals surface area contributed by atoms with Crippen LogP contribution in [0.25, 0.3) is 0 Å². The molecule has 0 nitrogen and oxygen atoms in total. The molecule has 0 aromatic carbocycles. The summed E-state index contributed by atoms with van der Waals surface area (Å²) in [4.78, 5) is 0. The molecule has 0 fully saturated rings. The molecule has 0 rings (SSSR count). The van der Waals surface area contributed by atoms with Gasteiger partial charge in [-0.2, -0.15) is 0 Å². The second-order valence-corrected chi connectivity index (χ2v) is 9.23. The lowest BCUT2D eigenvalue weighted by molar-refractivity contribution is 0.288. The molecular weight excluding hydrogens is 348 g/mol. The van der Waals surface area contributed by atoms with Crippen LogP contribution in [0.2, 0.25) is 0 Å². The van der Waals surface area contributed by atoms with Gasteiger partial charge in [-0.15, -0.1) is 11.8 Å². The first-order valence-electron chi connectivity index (χ1n) is 13.3. The molecule has 0 bridgehead atoms. The second-order valence-electron chi connectivity index (χ2n) is 9.23. The van der Waals surface area contributed by atoms with Gasteiger partial charge >= 0.3 is 0 Å². The van der Waals surface area contributed by atoms with Gasteiger partial charge in [0.25, 0.3) is 0 Å². The van der Waals surface area contributed by atoms with Gasteiger partial charge in [0, 0.05) is 12.8 Å². The largest absolute Gasteiger partial charge is 0.103 e. The lowest BCUT2D eigenvalue weighted by Gasteiger charge is -2.23. The maximum atomic E-state index is 3.93. The zero-order valence-corrected chi connectivity index (χ0v) is 20.4. The highest BCUT2D eigenvalue weighted by atomic mass is 14.2. The van der Waals surface area contributed by atoms with E-state index in [9.17, 15) is 0 Å². The Hall–Kier alpha value is -0.440. The van der Waals surface area contributed by atoms with Crippen LogP contribution < -0.4 is 0 Å². The molecule has 29 heavy (non-hydrogen) atoms. The van der Waals surface area contributed by atoms with Crippen LogP contribution in [0.4, 0.5) is 0 Å². The molecule has 0 saturated carbocycles. The molecule has 0 aromatic rings. The van der Waals surface area contributed by atoms with Gasteiger partial charge in [-0.3, -0.25) is 0 Å². The zero-order valence-electron chi connectivity index (χ0n) is 20.4. The van der Waals surface area contributed by atoms with Gasteiger partial charge in [-0.1, -0.05) is 137 Å². The highest BCUT2D eigenvalue weighted by Crippen LogP contribution is 2.27. The fourth-order valence-electron chi connectivity index (χ4n) is 4.23. The van der Waals surface area contributed by atoms with Crippen molar-refractivity contribution in [1.82, 2.24) is 0 Å². The molecule has 0 aliphatic carbocycles. The van der Waals surface area contributed by atoms with Gasteiger partial charge in [-0.25, -0.2) is 0 Å². The van der Waals surface area contributed by atoms with Crippen molar-refractivity contribution in [1.29, 1.82) is 0 Å². The molecule has 0 aliphatic rings. The maximum Gasteiger partial charge on any atom is 0.00886 e. The predicted molar refractivity (Wildman–Crippen MR) is 134 cm³/mol. The first-order valence-corrected chi connectivity index (χ1v) is 13.3. The minimum absolute atomic E-state index is 0.898. The normalized spacial score (nSPS) is 13.1. The van der Waals surface area contributed by atoms with Gasteiger partial charge < -0.3 is 0 Å². The van der Waals surface area contributed by atoms with Crippen LogP contribution in [-0.4, -0.2) is 0 Å². The van der Waals surface area contributed by atoms with Gasteiger partial charge in [0.05, 0.1) is 0 Å². The standard InChI is InChI=1S/C29H54/c1-5-8-10-12-14-16-17-18-19-21-23-25-27-29(28(4)7-3)26-24-22-20-15-13-11-9-6-2/h28-29H,1-2,5-16,19-27H2,3-4H3. The summed E-state index contributed by atoms with van der Waals surface area (Å²) in [5, 5.41) is 0. The summed E-state index contributed by atoms with van der Waals surface area (Å²) in [7, 11) is 0. The monoisotopic (exact) mass is 402 g/mol. The fourth-order valence-corrected chi connectivity index (χ4v) is 4.23. The maximum absolute atomic E-state index is 3.93. The van der Waals surface area contributed by atoms with Crippen molar-refractivity contribution in [2.45, 2.75) is 149 Å². The van der Waals surface area contributed by atoms with Crippen molar-refractivity contribution in [2.75, 3.05) is 0 Å². The van der Waals surface area contributed by atoms with Gasteiger partial charge in [0.15, 0.2) is 0 Å². The van der Waals surface area contributed by atoms with Crippen LogP contribution in [0.15, 0.2) is 0 Å². The molecule has 0 spiro atoms. The summed E-state index contributed by atoms with van der Waals surface area (Å²) in [5.74, 6) is 8.63. The van der Waals surface area contributed by atoms with Crippen LogP contribution >= 0.6 is 0 Å². The van der Waals surface area contributed by atoms with E-state index in [1.54, 1.807) is 0 Å². The van der Waals surface area contributed by atoms with Gasteiger partial charge in [-0.05, 0) is 24.7 Å². The van der Waals surface area contributed by atoms with Crippen LogP contribution in [0.3, 0.4) is 0 Å². The molecule has 170 valence electrons. The topological polar surface area (TPSA) is 0 Å². The molecule has 0 aromatic heterocycles. The van der Waals surface area contributed by atoms with Crippen LogP contribution in [-0.2, 0) is 0 Å². The van der Waals surface area contributed by atoms with Crippen molar-refractivity contribution >= 4 is 0 Å². The molecule has 2 unspecified atom stereocenters. The summed E-state index contributed by atoms with van der Waals surface area (Å²) in [6, 6.07) is 0. The third kappa shape index (κ3) is 20.6. The molecule has 0 N–H and O–H groups in total. The fraction of sp³-hybridized carbons (Fsp3) is 0.862. The number of rotatable bonds is 21. The number of unbranched alkanes of at least 4 members (excludes halogenated alkanes) is 15. The minimum Gasteiger partial charge on any atom is -0.103 e. The third-order valence-corrected chi connectivity index (χ3v) is 6.58. The Morgan fingerprint density at radius 2 is 0.931 bits per heavy atom. The average Bonchev–Trinajstić information content (AvgIpc) is 2.74. The molecular formula is C29H54. The molecule has 2 radical (unpaired) electrons. The minimum atomic E-state index is 0.898. The van der Waals surface area contributed by atoms with Crippen LogP contribution in [0.1, 0.15) is 149 Å². The molecule has 0 heteroatoms. The smallest absolute Gasteiger partial charge is 0.00886 e. The van der Waals surface area contributed by atoms with E-state index in [1.807, 2.05) is 0 Å². The van der Waals surface area contributed by atoms with E-state index < -0.39 is 0 Å². The average molecular weight is 403 g/mol. The van der Waals surface area contributed by atoms with Crippen molar-refractivity contribution < 1.29 is 0 Å². The summed E-state index contributed by atoms with van der Waals surface area (Å²) in [6.45, 7) is 12.7. The number of hydrogen-bond acceptors (Lipinski definition) is 0. The number of hydrogen-bond donors (Lipinski definition) is 0. The Balaban J connectivity index is 3.67. The molecule has 0 heterocycles. The van der Waals surface area contributed by atoms with Crippen molar-refractivity contribution in [2.24, 2.45) is 11.8 Å². The van der Waals surface area contributed by atoms with E-state index in [2.05, 4.69) is 39.5 Å². The Labute approximate surface area is 186 Å². The van der Waals surface area contributed by atoms with Crippen molar-refractivity contribution in [3.63, 3.8) is 0 Å². The van der Waals surface area contributed by atoms with E-state index in [4.69, 9.17) is 0 Å². The van der Waals surface area contributed by atoms with E-state index >= 15 is 0 Å². The lowest BCUT2D eigenvalue weighted by Crippen LogP contribution is -2.11. The highest BCUT2D eigenvalue weighted by molar-refractivity contribution is 4.98. The van der Waals surface area contributed by atoms with Crippen LogP contribution in [0.5, 0.6) is 0 Å². The first-order chi connectivity index (χ1) is 14.3. The van der Waals surface area contributed by atoms with E-state index in [-0.39, 0.29) is 0 Å². The molecule has 0 saturated heterocycles. The van der Waals surface area contributed by atoms with E-state index in [1.165, 1.54) is 109 Å². The first kappa shape index (κ1) is 28.6. The highest BCUT2D eigenvalue weighted by Gasteiger charge is 2.14. The van der Waals surface area contributed by atoms with Gasteiger partial charge in [0.1, 0.15) is 0 Å². The molecule has 0 amide bonds. The van der Waals surface area contributed by atoms with E-state index in [0.717, 1.165) is 37.5 Å². The van der Waals surface area contributed by atoms with Crippen LogP contribution in [0, 0.1) is 37.5 Å². The predicted octanol–water partition coefficient (Wildman–Crippen LogP) is 10.1. The third-order valence-electron chi connectivity index (χ3n) is 6.58.